The zero-order valence-electron chi connectivity index (χ0n) is 24.3. The fraction of sp³-hybridized carbons (Fsp3) is 0.394. The molecule has 7 nitrogen and oxygen atoms in total. The Kier molecular flexibility index (Phi) is 8.17. The van der Waals surface area contributed by atoms with E-state index in [0.29, 0.717) is 60.7 Å². The van der Waals surface area contributed by atoms with Crippen LogP contribution in [0.3, 0.4) is 0 Å². The first-order valence-corrected chi connectivity index (χ1v) is 16.6. The van der Waals surface area contributed by atoms with Crippen LogP contribution in [0.4, 0.5) is 8.78 Å². The predicted molar refractivity (Wildman–Crippen MR) is 161 cm³/mol. The fourth-order valence-electron chi connectivity index (χ4n) is 7.17. The van der Waals surface area contributed by atoms with E-state index in [2.05, 4.69) is 0 Å². The summed E-state index contributed by atoms with van der Waals surface area (Å²) in [6.45, 7) is 2.81. The van der Waals surface area contributed by atoms with E-state index >= 15 is 0 Å². The van der Waals surface area contributed by atoms with Crippen molar-refractivity contribution in [2.24, 2.45) is 5.92 Å². The van der Waals surface area contributed by atoms with Gasteiger partial charge in [-0.1, -0.05) is 17.7 Å². The van der Waals surface area contributed by atoms with E-state index in [1.54, 1.807) is 21.9 Å². The molecule has 2 aliphatic heterocycles. The van der Waals surface area contributed by atoms with Crippen LogP contribution in [0.5, 0.6) is 5.75 Å². The third-order valence-electron chi connectivity index (χ3n) is 9.44. The third-order valence-corrected chi connectivity index (χ3v) is 12.4. The Morgan fingerprint density at radius 1 is 0.955 bits per heavy atom. The molecule has 3 aromatic rings. The minimum absolute atomic E-state index is 0.00175. The molecule has 6 rings (SSSR count). The van der Waals surface area contributed by atoms with E-state index < -0.39 is 32.3 Å². The second-order valence-electron chi connectivity index (χ2n) is 11.8. The molecular weight excluding hydrogens is 610 g/mol. The number of fused-ring (bicyclic) bond motifs is 3. The Hall–Kier alpha value is -3.50. The summed E-state index contributed by atoms with van der Waals surface area (Å²) in [5.74, 6) is -0.871. The van der Waals surface area contributed by atoms with Crippen molar-refractivity contribution in [2.45, 2.75) is 61.3 Å². The van der Waals surface area contributed by atoms with Gasteiger partial charge in [0, 0.05) is 43.1 Å². The first-order valence-electron chi connectivity index (χ1n) is 14.8. The number of carbonyl (C=O) groups is 2. The van der Waals surface area contributed by atoms with Crippen molar-refractivity contribution in [2.75, 3.05) is 19.6 Å². The van der Waals surface area contributed by atoms with Crippen LogP contribution in [0.2, 0.25) is 5.02 Å². The molecule has 2 amide bonds. The van der Waals surface area contributed by atoms with Crippen LogP contribution in [0, 0.1) is 17.6 Å². The van der Waals surface area contributed by atoms with Crippen molar-refractivity contribution in [1.29, 1.82) is 0 Å². The standard InChI is InChI=1S/C33H33ClF2N2O5S/c1-21(39)37-15-12-22(13-16-37)32(40)38-17-14-33(44(41,42)28-7-3-25(35)4-8-28)29-9-6-27(19-23(29)2-11-31(33)38)43-20-24-18-26(36)5-10-30(24)34/h3-10,18-19,22,31H,2,11-17,20H2,1H3/t31-,33-/m1/s1. The van der Waals surface area contributed by atoms with Crippen LogP contribution in [0.25, 0.3) is 0 Å². The maximum Gasteiger partial charge on any atom is 0.226 e. The quantitative estimate of drug-likeness (QED) is 0.324. The molecule has 1 aliphatic carbocycles. The average Bonchev–Trinajstić information content (AvgIpc) is 3.43. The SMILES string of the molecule is CC(=O)N1CCC(C(=O)N2CC[C@@]3(S(=O)(=O)c4ccc(F)cc4)c4ccc(OCc5cc(F)ccc5Cl)cc4CC[C@@H]23)CC1. The molecule has 3 aliphatic rings. The zero-order chi connectivity index (χ0) is 31.2. The molecule has 0 N–H and O–H groups in total. The van der Waals surface area contributed by atoms with Crippen molar-refractivity contribution in [3.05, 3.63) is 94.0 Å². The predicted octanol–water partition coefficient (Wildman–Crippen LogP) is 5.67. The van der Waals surface area contributed by atoms with Gasteiger partial charge in [0.1, 0.15) is 28.7 Å². The molecule has 44 heavy (non-hydrogen) atoms. The lowest BCUT2D eigenvalue weighted by atomic mass is 9.78. The Morgan fingerprint density at radius 3 is 2.36 bits per heavy atom. The molecule has 2 saturated heterocycles. The number of aryl methyl sites for hydroxylation is 1. The highest BCUT2D eigenvalue weighted by Gasteiger charge is 2.61. The lowest BCUT2D eigenvalue weighted by molar-refractivity contribution is -0.141. The topological polar surface area (TPSA) is 84.0 Å². The van der Waals surface area contributed by atoms with Crippen molar-refractivity contribution < 1.29 is 31.5 Å². The summed E-state index contributed by atoms with van der Waals surface area (Å²) < 4.78 is 61.3. The first-order chi connectivity index (χ1) is 21.0. The number of nitrogens with zero attached hydrogens (tertiary/aromatic N) is 2. The highest BCUT2D eigenvalue weighted by molar-refractivity contribution is 7.92. The van der Waals surface area contributed by atoms with Gasteiger partial charge in [0.2, 0.25) is 11.8 Å². The number of benzene rings is 3. The molecular formula is C33H33ClF2N2O5S. The lowest BCUT2D eigenvalue weighted by Gasteiger charge is -2.43. The van der Waals surface area contributed by atoms with Crippen molar-refractivity contribution in [3.8, 4) is 5.75 Å². The van der Waals surface area contributed by atoms with E-state index in [1.165, 1.54) is 37.3 Å². The van der Waals surface area contributed by atoms with E-state index in [9.17, 15) is 26.8 Å². The molecule has 0 aromatic heterocycles. The van der Waals surface area contributed by atoms with Crippen molar-refractivity contribution >= 4 is 33.3 Å². The molecule has 2 atom stereocenters. The number of ether oxygens (including phenoxy) is 1. The number of hydrogen-bond donors (Lipinski definition) is 0. The minimum atomic E-state index is -4.10. The summed E-state index contributed by atoms with van der Waals surface area (Å²) in [5, 5.41) is 0.374. The number of piperidine rings is 1. The van der Waals surface area contributed by atoms with Gasteiger partial charge in [0.05, 0.1) is 10.9 Å². The number of sulfone groups is 1. The Morgan fingerprint density at radius 2 is 1.66 bits per heavy atom. The number of rotatable bonds is 6. The average molecular weight is 643 g/mol. The van der Waals surface area contributed by atoms with Crippen LogP contribution in [0.15, 0.2) is 65.6 Å². The molecule has 0 spiro atoms. The molecule has 11 heteroatoms. The van der Waals surface area contributed by atoms with Crippen LogP contribution in [0.1, 0.15) is 49.3 Å². The van der Waals surface area contributed by atoms with E-state index in [0.717, 1.165) is 17.7 Å². The highest BCUT2D eigenvalue weighted by Crippen LogP contribution is 2.53. The second kappa shape index (κ2) is 11.8. The minimum Gasteiger partial charge on any atom is -0.489 e. The largest absolute Gasteiger partial charge is 0.489 e. The number of hydrogen-bond acceptors (Lipinski definition) is 5. The second-order valence-corrected chi connectivity index (χ2v) is 14.4. The highest BCUT2D eigenvalue weighted by atomic mass is 35.5. The van der Waals surface area contributed by atoms with E-state index in [-0.39, 0.29) is 42.2 Å². The molecule has 2 fully saturated rings. The molecule has 232 valence electrons. The van der Waals surface area contributed by atoms with Gasteiger partial charge in [-0.25, -0.2) is 17.2 Å². The fourth-order valence-corrected chi connectivity index (χ4v) is 9.71. The van der Waals surface area contributed by atoms with E-state index in [1.807, 2.05) is 6.07 Å². The number of likely N-dealkylation sites (tertiary alicyclic amines) is 2. The van der Waals surface area contributed by atoms with Crippen molar-refractivity contribution in [3.63, 3.8) is 0 Å². The lowest BCUT2D eigenvalue weighted by Crippen LogP contribution is -2.53. The summed E-state index contributed by atoms with van der Waals surface area (Å²) in [6, 6.07) is 13.5. The van der Waals surface area contributed by atoms with Crippen LogP contribution >= 0.6 is 11.6 Å². The Labute approximate surface area is 260 Å². The Bertz CT molecular complexity index is 1710. The summed E-state index contributed by atoms with van der Waals surface area (Å²) in [7, 11) is -4.10. The molecule has 0 radical (unpaired) electrons. The van der Waals surface area contributed by atoms with Crippen LogP contribution in [-0.2, 0) is 37.2 Å². The summed E-state index contributed by atoms with van der Waals surface area (Å²) in [6.07, 6.45) is 2.20. The zero-order valence-corrected chi connectivity index (χ0v) is 25.8. The monoisotopic (exact) mass is 642 g/mol. The molecule has 0 saturated carbocycles. The third kappa shape index (κ3) is 5.26. The maximum absolute atomic E-state index is 14.6. The summed E-state index contributed by atoms with van der Waals surface area (Å²) >= 11 is 6.21. The number of carbonyl (C=O) groups excluding carboxylic acids is 2. The molecule has 2 heterocycles. The van der Waals surface area contributed by atoms with Crippen LogP contribution < -0.4 is 4.74 Å². The van der Waals surface area contributed by atoms with Gasteiger partial charge in [-0.05, 0) is 97.8 Å². The number of halogens is 3. The van der Waals surface area contributed by atoms with Gasteiger partial charge < -0.3 is 14.5 Å². The molecule has 0 bridgehead atoms. The van der Waals surface area contributed by atoms with Gasteiger partial charge in [-0.15, -0.1) is 0 Å². The maximum atomic E-state index is 14.6. The first kappa shape index (κ1) is 30.5. The van der Waals surface area contributed by atoms with Gasteiger partial charge in [0.15, 0.2) is 9.84 Å². The summed E-state index contributed by atoms with van der Waals surface area (Å²) in [5.41, 5.74) is 1.88. The van der Waals surface area contributed by atoms with Gasteiger partial charge >= 0.3 is 0 Å². The molecule has 0 unspecified atom stereocenters. The van der Waals surface area contributed by atoms with Crippen LogP contribution in [-0.4, -0.2) is 55.7 Å². The van der Waals surface area contributed by atoms with Gasteiger partial charge in [-0.2, -0.15) is 0 Å². The smallest absolute Gasteiger partial charge is 0.226 e. The van der Waals surface area contributed by atoms with Gasteiger partial charge in [-0.3, -0.25) is 9.59 Å². The Balaban J connectivity index is 1.34. The molecule has 3 aromatic carbocycles. The van der Waals surface area contributed by atoms with Gasteiger partial charge in [0.25, 0.3) is 0 Å². The van der Waals surface area contributed by atoms with Crippen molar-refractivity contribution in [1.82, 2.24) is 9.80 Å². The normalized spacial score (nSPS) is 22.0. The van der Waals surface area contributed by atoms with E-state index in [4.69, 9.17) is 16.3 Å². The number of amides is 2. The summed E-state index contributed by atoms with van der Waals surface area (Å²) in [4.78, 5) is 29.2.